The second kappa shape index (κ2) is 6.80. The molecule has 7 heteroatoms. The second-order valence-corrected chi connectivity index (χ2v) is 6.10. The zero-order chi connectivity index (χ0) is 16.2. The van der Waals surface area contributed by atoms with Crippen LogP contribution in [-0.4, -0.2) is 40.8 Å². The van der Waals surface area contributed by atoms with Gasteiger partial charge < -0.3 is 20.2 Å². The first-order valence-electron chi connectivity index (χ1n) is 7.08. The molecule has 0 radical (unpaired) electrons. The summed E-state index contributed by atoms with van der Waals surface area (Å²) >= 11 is 0. The summed E-state index contributed by atoms with van der Waals surface area (Å²) in [6.07, 6.45) is 0.545. The fourth-order valence-electron chi connectivity index (χ4n) is 2.35. The molecule has 0 bridgehead atoms. The van der Waals surface area contributed by atoms with Gasteiger partial charge in [0.15, 0.2) is 0 Å². The molecular formula is C14H25N3O4. The lowest BCUT2D eigenvalue weighted by Gasteiger charge is -2.33. The van der Waals surface area contributed by atoms with Gasteiger partial charge in [-0.1, -0.05) is 6.92 Å². The van der Waals surface area contributed by atoms with Crippen molar-refractivity contribution >= 4 is 12.1 Å². The largest absolute Gasteiger partial charge is 0.481 e. The molecule has 0 aromatic carbocycles. The van der Waals surface area contributed by atoms with Gasteiger partial charge in [-0.05, 0) is 39.2 Å². The SMILES string of the molecule is CCC(C(=O)O)C1=C(NN)CN(C(=O)OC(C)(C)C)CC1. The lowest BCUT2D eigenvalue weighted by Crippen LogP contribution is -2.45. The molecule has 1 aliphatic heterocycles. The highest BCUT2D eigenvalue weighted by atomic mass is 16.6. The van der Waals surface area contributed by atoms with Crippen LogP contribution in [0.4, 0.5) is 4.79 Å². The van der Waals surface area contributed by atoms with Crippen LogP contribution in [0, 0.1) is 5.92 Å². The first kappa shape index (κ1) is 17.3. The van der Waals surface area contributed by atoms with E-state index in [0.29, 0.717) is 25.1 Å². The minimum Gasteiger partial charge on any atom is -0.481 e. The molecule has 1 aliphatic rings. The fraction of sp³-hybridized carbons (Fsp3) is 0.714. The van der Waals surface area contributed by atoms with Crippen molar-refractivity contribution in [2.24, 2.45) is 11.8 Å². The van der Waals surface area contributed by atoms with E-state index in [1.54, 1.807) is 20.8 Å². The van der Waals surface area contributed by atoms with Crippen LogP contribution in [0.15, 0.2) is 11.3 Å². The lowest BCUT2D eigenvalue weighted by atomic mass is 9.90. The Balaban J connectivity index is 2.88. The molecule has 1 amide bonds. The van der Waals surface area contributed by atoms with Crippen LogP contribution >= 0.6 is 0 Å². The first-order chi connectivity index (χ1) is 9.69. The third-order valence-corrected chi connectivity index (χ3v) is 3.34. The van der Waals surface area contributed by atoms with Crippen LogP contribution in [0.3, 0.4) is 0 Å². The van der Waals surface area contributed by atoms with Crippen molar-refractivity contribution in [1.29, 1.82) is 0 Å². The number of nitrogens with zero attached hydrogens (tertiary/aromatic N) is 1. The Morgan fingerprint density at radius 1 is 1.48 bits per heavy atom. The highest BCUT2D eigenvalue weighted by molar-refractivity contribution is 5.74. The van der Waals surface area contributed by atoms with Gasteiger partial charge in [0, 0.05) is 12.2 Å². The van der Waals surface area contributed by atoms with Gasteiger partial charge in [0.1, 0.15) is 5.60 Å². The fourth-order valence-corrected chi connectivity index (χ4v) is 2.35. The van der Waals surface area contributed by atoms with Gasteiger partial charge >= 0.3 is 12.1 Å². The molecule has 4 N–H and O–H groups in total. The summed E-state index contributed by atoms with van der Waals surface area (Å²) < 4.78 is 5.32. The Morgan fingerprint density at radius 3 is 2.52 bits per heavy atom. The number of amides is 1. The maximum Gasteiger partial charge on any atom is 0.410 e. The number of nitrogens with one attached hydrogen (secondary N) is 1. The summed E-state index contributed by atoms with van der Waals surface area (Å²) in [5.41, 5.74) is 3.31. The van der Waals surface area contributed by atoms with Crippen molar-refractivity contribution in [3.8, 4) is 0 Å². The van der Waals surface area contributed by atoms with Crippen molar-refractivity contribution < 1.29 is 19.4 Å². The Kier molecular flexibility index (Phi) is 5.60. The van der Waals surface area contributed by atoms with E-state index in [-0.39, 0.29) is 6.54 Å². The predicted octanol–water partition coefficient (Wildman–Crippen LogP) is 1.46. The summed E-state index contributed by atoms with van der Waals surface area (Å²) in [6.45, 7) is 7.89. The average Bonchev–Trinajstić information content (AvgIpc) is 2.37. The van der Waals surface area contributed by atoms with Crippen molar-refractivity contribution in [3.05, 3.63) is 11.3 Å². The summed E-state index contributed by atoms with van der Waals surface area (Å²) in [4.78, 5) is 24.9. The number of carboxylic acid groups (broad SMARTS) is 1. The molecule has 0 aliphatic carbocycles. The van der Waals surface area contributed by atoms with E-state index in [9.17, 15) is 14.7 Å². The summed E-state index contributed by atoms with van der Waals surface area (Å²) in [7, 11) is 0. The van der Waals surface area contributed by atoms with Crippen LogP contribution < -0.4 is 11.3 Å². The molecule has 1 rings (SSSR count). The number of hydrogen-bond acceptors (Lipinski definition) is 5. The molecule has 0 aromatic heterocycles. The molecule has 0 spiro atoms. The highest BCUT2D eigenvalue weighted by Gasteiger charge is 2.31. The standard InChI is InChI=1S/C14H25N3O4/c1-5-9(12(18)19)10-6-7-17(8-11(10)16-15)13(20)21-14(2,3)4/h9,16H,5-8,15H2,1-4H3,(H,18,19). The number of carboxylic acids is 1. The number of ether oxygens (including phenoxy) is 1. The maximum atomic E-state index is 12.1. The van der Waals surface area contributed by atoms with E-state index in [1.165, 1.54) is 4.90 Å². The second-order valence-electron chi connectivity index (χ2n) is 6.10. The average molecular weight is 299 g/mol. The molecule has 21 heavy (non-hydrogen) atoms. The molecule has 1 unspecified atom stereocenters. The van der Waals surface area contributed by atoms with E-state index in [2.05, 4.69) is 5.43 Å². The number of aliphatic carboxylic acids is 1. The normalized spacial score (nSPS) is 17.5. The van der Waals surface area contributed by atoms with E-state index in [1.807, 2.05) is 6.92 Å². The number of carbonyl (C=O) groups excluding carboxylic acids is 1. The molecule has 0 saturated heterocycles. The topological polar surface area (TPSA) is 105 Å². The number of hydrazine groups is 1. The number of hydrogen-bond donors (Lipinski definition) is 3. The molecule has 0 fully saturated rings. The zero-order valence-electron chi connectivity index (χ0n) is 13.1. The van der Waals surface area contributed by atoms with E-state index < -0.39 is 23.6 Å². The summed E-state index contributed by atoms with van der Waals surface area (Å²) in [5, 5.41) is 9.26. The number of carbonyl (C=O) groups is 2. The molecule has 120 valence electrons. The Morgan fingerprint density at radius 2 is 2.10 bits per heavy atom. The van der Waals surface area contributed by atoms with Gasteiger partial charge in [-0.15, -0.1) is 0 Å². The van der Waals surface area contributed by atoms with Crippen LogP contribution in [0.2, 0.25) is 0 Å². The number of nitrogens with two attached hydrogens (primary N) is 1. The van der Waals surface area contributed by atoms with Crippen molar-refractivity contribution in [2.45, 2.75) is 46.1 Å². The quantitative estimate of drug-likeness (QED) is 0.536. The summed E-state index contributed by atoms with van der Waals surface area (Å²) in [5.74, 6) is 4.05. The Hall–Kier alpha value is -1.76. The zero-order valence-corrected chi connectivity index (χ0v) is 13.1. The van der Waals surface area contributed by atoms with Crippen molar-refractivity contribution in [2.75, 3.05) is 13.1 Å². The van der Waals surface area contributed by atoms with Crippen LogP contribution in [0.5, 0.6) is 0 Å². The monoisotopic (exact) mass is 299 g/mol. The third kappa shape index (κ3) is 4.63. The molecule has 1 atom stereocenters. The predicted molar refractivity (Wildman–Crippen MR) is 78.2 cm³/mol. The highest BCUT2D eigenvalue weighted by Crippen LogP contribution is 2.26. The molecule has 0 saturated carbocycles. The Labute approximate surface area is 125 Å². The smallest absolute Gasteiger partial charge is 0.410 e. The van der Waals surface area contributed by atoms with Gasteiger partial charge in [-0.3, -0.25) is 10.6 Å². The van der Waals surface area contributed by atoms with Gasteiger partial charge in [0.05, 0.1) is 12.5 Å². The molecule has 0 aromatic rings. The minimum atomic E-state index is -0.869. The van der Waals surface area contributed by atoms with Crippen LogP contribution in [0.25, 0.3) is 0 Å². The van der Waals surface area contributed by atoms with Gasteiger partial charge in [0.2, 0.25) is 0 Å². The van der Waals surface area contributed by atoms with Gasteiger partial charge in [-0.25, -0.2) is 4.79 Å². The van der Waals surface area contributed by atoms with Crippen LogP contribution in [0.1, 0.15) is 40.5 Å². The van der Waals surface area contributed by atoms with Crippen molar-refractivity contribution in [3.63, 3.8) is 0 Å². The summed E-state index contributed by atoms with van der Waals surface area (Å²) in [6, 6.07) is 0. The molecular weight excluding hydrogens is 274 g/mol. The third-order valence-electron chi connectivity index (χ3n) is 3.34. The van der Waals surface area contributed by atoms with E-state index >= 15 is 0 Å². The first-order valence-corrected chi connectivity index (χ1v) is 7.08. The Bertz CT molecular complexity index is 440. The van der Waals surface area contributed by atoms with E-state index in [4.69, 9.17) is 10.6 Å². The molecule has 1 heterocycles. The molecule has 7 nitrogen and oxygen atoms in total. The van der Waals surface area contributed by atoms with Gasteiger partial charge in [-0.2, -0.15) is 0 Å². The maximum absolute atomic E-state index is 12.1. The minimum absolute atomic E-state index is 0.241. The van der Waals surface area contributed by atoms with Crippen molar-refractivity contribution in [1.82, 2.24) is 10.3 Å². The van der Waals surface area contributed by atoms with E-state index in [0.717, 1.165) is 5.57 Å². The van der Waals surface area contributed by atoms with Crippen LogP contribution in [-0.2, 0) is 9.53 Å². The number of rotatable bonds is 4. The lowest BCUT2D eigenvalue weighted by molar-refractivity contribution is -0.140. The van der Waals surface area contributed by atoms with Gasteiger partial charge in [0.25, 0.3) is 0 Å².